The van der Waals surface area contributed by atoms with Crippen molar-refractivity contribution in [1.82, 2.24) is 10.2 Å². The van der Waals surface area contributed by atoms with Crippen molar-refractivity contribution in [3.63, 3.8) is 0 Å². The summed E-state index contributed by atoms with van der Waals surface area (Å²) in [5, 5.41) is 6.19. The molecule has 1 fully saturated rings. The summed E-state index contributed by atoms with van der Waals surface area (Å²) >= 11 is 3.44. The topological polar surface area (TPSA) is 44.4 Å². The van der Waals surface area contributed by atoms with Gasteiger partial charge >= 0.3 is 0 Å². The van der Waals surface area contributed by atoms with Crippen LogP contribution < -0.4 is 10.6 Å². The van der Waals surface area contributed by atoms with Crippen LogP contribution in [0, 0.1) is 5.92 Å². The van der Waals surface area contributed by atoms with E-state index in [0.717, 1.165) is 29.8 Å². The molecule has 1 amide bonds. The third kappa shape index (κ3) is 4.58. The molecule has 0 aromatic heterocycles. The van der Waals surface area contributed by atoms with Crippen LogP contribution in [0.15, 0.2) is 28.7 Å². The van der Waals surface area contributed by atoms with E-state index in [1.165, 1.54) is 12.8 Å². The highest BCUT2D eigenvalue weighted by Gasteiger charge is 2.21. The van der Waals surface area contributed by atoms with Crippen molar-refractivity contribution < 1.29 is 4.79 Å². The third-order valence-electron chi connectivity index (χ3n) is 3.61. The van der Waals surface area contributed by atoms with E-state index < -0.39 is 0 Å². The molecule has 1 unspecified atom stereocenters. The zero-order chi connectivity index (χ0) is 14.4. The number of likely N-dealkylation sites (tertiary alicyclic amines) is 1. The van der Waals surface area contributed by atoms with E-state index in [1.807, 2.05) is 31.3 Å². The van der Waals surface area contributed by atoms with E-state index in [4.69, 9.17) is 0 Å². The van der Waals surface area contributed by atoms with Gasteiger partial charge in [0.05, 0.1) is 12.2 Å². The first kappa shape index (κ1) is 15.5. The number of carbonyl (C=O) groups excluding carboxylic acids is 1. The number of amides is 1. The number of anilines is 1. The molecular formula is C15H22BrN3O. The molecule has 2 N–H and O–H groups in total. The Morgan fingerprint density at radius 2 is 2.25 bits per heavy atom. The normalized spacial score (nSPS) is 19.8. The summed E-state index contributed by atoms with van der Waals surface area (Å²) in [5.74, 6) is 0.715. The molecular weight excluding hydrogens is 318 g/mol. The van der Waals surface area contributed by atoms with Gasteiger partial charge in [0.15, 0.2) is 0 Å². The van der Waals surface area contributed by atoms with E-state index >= 15 is 0 Å². The second-order valence-electron chi connectivity index (χ2n) is 5.33. The van der Waals surface area contributed by atoms with Crippen LogP contribution in [0.2, 0.25) is 0 Å². The fraction of sp³-hybridized carbons (Fsp3) is 0.533. The van der Waals surface area contributed by atoms with Gasteiger partial charge in [0.25, 0.3) is 0 Å². The van der Waals surface area contributed by atoms with Gasteiger partial charge in [0.1, 0.15) is 0 Å². The van der Waals surface area contributed by atoms with Crippen molar-refractivity contribution in [3.05, 3.63) is 28.7 Å². The van der Waals surface area contributed by atoms with Crippen LogP contribution in [0.1, 0.15) is 12.8 Å². The number of para-hydroxylation sites is 1. The molecule has 1 atom stereocenters. The number of rotatable bonds is 5. The molecule has 0 bridgehead atoms. The molecule has 5 heteroatoms. The fourth-order valence-corrected chi connectivity index (χ4v) is 3.09. The van der Waals surface area contributed by atoms with Crippen molar-refractivity contribution in [1.29, 1.82) is 0 Å². The molecule has 1 aromatic rings. The Hall–Kier alpha value is -0.910. The number of nitrogens with one attached hydrogen (secondary N) is 2. The summed E-state index contributed by atoms with van der Waals surface area (Å²) in [6.45, 7) is 3.53. The largest absolute Gasteiger partial charge is 0.324 e. The number of piperidine rings is 1. The molecule has 20 heavy (non-hydrogen) atoms. The zero-order valence-corrected chi connectivity index (χ0v) is 13.4. The van der Waals surface area contributed by atoms with Gasteiger partial charge in [0.2, 0.25) is 5.91 Å². The van der Waals surface area contributed by atoms with Crippen LogP contribution in [0.25, 0.3) is 0 Å². The summed E-state index contributed by atoms with van der Waals surface area (Å²) in [4.78, 5) is 14.4. The Morgan fingerprint density at radius 3 is 3.00 bits per heavy atom. The van der Waals surface area contributed by atoms with Gasteiger partial charge in [-0.3, -0.25) is 9.69 Å². The molecule has 110 valence electrons. The number of halogens is 1. The van der Waals surface area contributed by atoms with Gasteiger partial charge in [-0.05, 0) is 67.0 Å². The summed E-state index contributed by atoms with van der Waals surface area (Å²) in [6, 6.07) is 7.69. The van der Waals surface area contributed by atoms with Gasteiger partial charge in [-0.2, -0.15) is 0 Å². The van der Waals surface area contributed by atoms with Crippen molar-refractivity contribution in [2.24, 2.45) is 5.92 Å². The first-order valence-electron chi connectivity index (χ1n) is 7.10. The summed E-state index contributed by atoms with van der Waals surface area (Å²) in [7, 11) is 1.98. The van der Waals surface area contributed by atoms with Gasteiger partial charge < -0.3 is 10.6 Å². The Labute approximate surface area is 129 Å². The van der Waals surface area contributed by atoms with E-state index in [-0.39, 0.29) is 5.91 Å². The molecule has 0 spiro atoms. The lowest BCUT2D eigenvalue weighted by molar-refractivity contribution is -0.117. The highest BCUT2D eigenvalue weighted by molar-refractivity contribution is 9.10. The molecule has 0 aliphatic carbocycles. The Morgan fingerprint density at radius 1 is 1.45 bits per heavy atom. The Bertz CT molecular complexity index is 450. The first-order chi connectivity index (χ1) is 9.69. The van der Waals surface area contributed by atoms with E-state index in [0.29, 0.717) is 12.5 Å². The standard InChI is InChI=1S/C15H22BrN3O/c1-17-9-12-5-4-8-19(10-12)11-15(20)18-14-7-3-2-6-13(14)16/h2-3,6-7,12,17H,4-5,8-11H2,1H3,(H,18,20). The maximum atomic E-state index is 12.1. The number of carbonyl (C=O) groups is 1. The average Bonchev–Trinajstić information content (AvgIpc) is 2.42. The number of benzene rings is 1. The van der Waals surface area contributed by atoms with Crippen molar-refractivity contribution >= 4 is 27.5 Å². The maximum absolute atomic E-state index is 12.1. The minimum absolute atomic E-state index is 0.0574. The van der Waals surface area contributed by atoms with Gasteiger partial charge in [-0.15, -0.1) is 0 Å². The van der Waals surface area contributed by atoms with Crippen LogP contribution in [0.4, 0.5) is 5.69 Å². The molecule has 0 radical (unpaired) electrons. The van der Waals surface area contributed by atoms with Crippen LogP contribution >= 0.6 is 15.9 Å². The molecule has 2 rings (SSSR count). The van der Waals surface area contributed by atoms with Crippen LogP contribution in [0.3, 0.4) is 0 Å². The van der Waals surface area contributed by atoms with Crippen molar-refractivity contribution in [2.75, 3.05) is 38.5 Å². The predicted octanol–water partition coefficient (Wildman–Crippen LogP) is 2.32. The molecule has 1 heterocycles. The highest BCUT2D eigenvalue weighted by Crippen LogP contribution is 2.21. The highest BCUT2D eigenvalue weighted by atomic mass is 79.9. The van der Waals surface area contributed by atoms with Crippen molar-refractivity contribution in [2.45, 2.75) is 12.8 Å². The quantitative estimate of drug-likeness (QED) is 0.865. The van der Waals surface area contributed by atoms with Crippen molar-refractivity contribution in [3.8, 4) is 0 Å². The monoisotopic (exact) mass is 339 g/mol. The summed E-state index contributed by atoms with van der Waals surface area (Å²) in [6.07, 6.45) is 2.43. The molecule has 1 saturated heterocycles. The summed E-state index contributed by atoms with van der Waals surface area (Å²) < 4.78 is 0.917. The molecule has 1 aliphatic heterocycles. The fourth-order valence-electron chi connectivity index (χ4n) is 2.71. The Balaban J connectivity index is 1.84. The first-order valence-corrected chi connectivity index (χ1v) is 7.89. The third-order valence-corrected chi connectivity index (χ3v) is 4.30. The summed E-state index contributed by atoms with van der Waals surface area (Å²) in [5.41, 5.74) is 0.835. The predicted molar refractivity (Wildman–Crippen MR) is 85.9 cm³/mol. The molecule has 1 aromatic carbocycles. The average molecular weight is 340 g/mol. The van der Waals surface area contributed by atoms with Gasteiger partial charge in [0, 0.05) is 11.0 Å². The van der Waals surface area contributed by atoms with E-state index in [9.17, 15) is 4.79 Å². The Kier molecular flexibility index (Phi) is 6.01. The number of hydrogen-bond donors (Lipinski definition) is 2. The van der Waals surface area contributed by atoms with Crippen LogP contribution in [-0.2, 0) is 4.79 Å². The van der Waals surface area contributed by atoms with Gasteiger partial charge in [-0.1, -0.05) is 12.1 Å². The molecule has 0 saturated carbocycles. The lowest BCUT2D eigenvalue weighted by atomic mass is 9.98. The minimum atomic E-state index is 0.0574. The minimum Gasteiger partial charge on any atom is -0.324 e. The van der Waals surface area contributed by atoms with Crippen LogP contribution in [0.5, 0.6) is 0 Å². The van der Waals surface area contributed by atoms with E-state index in [2.05, 4.69) is 31.5 Å². The second-order valence-corrected chi connectivity index (χ2v) is 6.18. The maximum Gasteiger partial charge on any atom is 0.238 e. The number of nitrogens with zero attached hydrogens (tertiary/aromatic N) is 1. The zero-order valence-electron chi connectivity index (χ0n) is 11.9. The molecule has 4 nitrogen and oxygen atoms in total. The second kappa shape index (κ2) is 7.76. The SMILES string of the molecule is CNCC1CCCN(CC(=O)Nc2ccccc2Br)C1. The number of hydrogen-bond acceptors (Lipinski definition) is 3. The lowest BCUT2D eigenvalue weighted by Crippen LogP contribution is -2.42. The smallest absolute Gasteiger partial charge is 0.238 e. The van der Waals surface area contributed by atoms with Gasteiger partial charge in [-0.25, -0.2) is 0 Å². The lowest BCUT2D eigenvalue weighted by Gasteiger charge is -2.32. The molecule has 1 aliphatic rings. The van der Waals surface area contributed by atoms with E-state index in [1.54, 1.807) is 0 Å². The van der Waals surface area contributed by atoms with Crippen LogP contribution in [-0.4, -0.2) is 44.0 Å².